The van der Waals surface area contributed by atoms with Crippen molar-refractivity contribution >= 4 is 5.97 Å². The Kier molecular flexibility index (Phi) is 8.54. The molecule has 0 aromatic carbocycles. The molecule has 0 rings (SSSR count). The Morgan fingerprint density at radius 2 is 1.38 bits per heavy atom. The molecule has 0 unspecified atom stereocenters. The Morgan fingerprint density at radius 1 is 0.923 bits per heavy atom. The van der Waals surface area contributed by atoms with E-state index in [0.29, 0.717) is 13.8 Å². The second-order valence-electron chi connectivity index (χ2n) is 5.49. The van der Waals surface area contributed by atoms with Crippen molar-refractivity contribution in [3.8, 4) is 0 Å². The zero-order chi connectivity index (χ0) is 20.8. The van der Waals surface area contributed by atoms with Crippen molar-refractivity contribution in [1.82, 2.24) is 0 Å². The van der Waals surface area contributed by atoms with Gasteiger partial charge in [0.25, 0.3) is 0 Å². The number of hydrogen-bond donors (Lipinski definition) is 0. The molecule has 154 valence electrons. The monoisotopic (exact) mass is 398 g/mol. The Labute approximate surface area is 146 Å². The van der Waals surface area contributed by atoms with Crippen LogP contribution in [0.3, 0.4) is 0 Å². The van der Waals surface area contributed by atoms with E-state index >= 15 is 0 Å². The Bertz CT molecular complexity index is 471. The fraction of sp³-hybridized carbons (Fsp3) is 0.786. The number of methoxy groups -OCH3 is 2. The van der Waals surface area contributed by atoms with Crippen LogP contribution in [0.4, 0.5) is 26.3 Å². The van der Waals surface area contributed by atoms with E-state index in [2.05, 4.69) is 25.5 Å². The molecule has 0 aromatic rings. The molecule has 0 aromatic heterocycles. The Hall–Kier alpha value is -1.37. The molecule has 0 bridgehead atoms. The van der Waals surface area contributed by atoms with Crippen LogP contribution in [0.25, 0.3) is 0 Å². The van der Waals surface area contributed by atoms with Gasteiger partial charge in [0.2, 0.25) is 0 Å². The highest BCUT2D eigenvalue weighted by Crippen LogP contribution is 2.53. The third-order valence-electron chi connectivity index (χ3n) is 3.15. The van der Waals surface area contributed by atoms with Gasteiger partial charge in [-0.05, 0) is 13.8 Å². The van der Waals surface area contributed by atoms with E-state index < -0.39 is 48.5 Å². The van der Waals surface area contributed by atoms with Gasteiger partial charge in [-0.25, -0.2) is 4.79 Å². The van der Waals surface area contributed by atoms with E-state index in [-0.39, 0.29) is 6.79 Å². The van der Waals surface area contributed by atoms with Crippen LogP contribution in [0.15, 0.2) is 12.2 Å². The minimum absolute atomic E-state index is 0.276. The first-order valence-electron chi connectivity index (χ1n) is 6.92. The first kappa shape index (κ1) is 24.6. The summed E-state index contributed by atoms with van der Waals surface area (Å²) in [6.07, 6.45) is -12.0. The highest BCUT2D eigenvalue weighted by Gasteiger charge is 2.80. The van der Waals surface area contributed by atoms with Gasteiger partial charge in [-0.2, -0.15) is 26.3 Å². The summed E-state index contributed by atoms with van der Waals surface area (Å²) in [6, 6.07) is 0. The molecule has 6 nitrogen and oxygen atoms in total. The number of carbonyl (C=O) groups excluding carboxylic acids is 1. The van der Waals surface area contributed by atoms with E-state index in [1.54, 1.807) is 0 Å². The number of esters is 1. The number of carbonyl (C=O) groups is 1. The third kappa shape index (κ3) is 5.32. The maximum atomic E-state index is 13.4. The molecule has 0 fully saturated rings. The van der Waals surface area contributed by atoms with Gasteiger partial charge < -0.3 is 23.7 Å². The Morgan fingerprint density at radius 3 is 1.77 bits per heavy atom. The van der Waals surface area contributed by atoms with E-state index in [1.165, 1.54) is 7.11 Å². The molecule has 0 N–H and O–H groups in total. The normalized spacial score (nSPS) is 13.6. The van der Waals surface area contributed by atoms with Crippen LogP contribution in [0, 0.1) is 0 Å². The maximum absolute atomic E-state index is 13.4. The molecular weight excluding hydrogens is 378 g/mol. The molecule has 26 heavy (non-hydrogen) atoms. The highest BCUT2D eigenvalue weighted by molar-refractivity contribution is 5.88. The lowest BCUT2D eigenvalue weighted by Gasteiger charge is -2.46. The summed E-state index contributed by atoms with van der Waals surface area (Å²) in [5, 5.41) is 0. The van der Waals surface area contributed by atoms with Crippen LogP contribution in [0.2, 0.25) is 0 Å². The van der Waals surface area contributed by atoms with Crippen LogP contribution >= 0.6 is 0 Å². The third-order valence-corrected chi connectivity index (χ3v) is 3.15. The molecule has 0 aliphatic carbocycles. The second-order valence-corrected chi connectivity index (χ2v) is 5.49. The van der Waals surface area contributed by atoms with Crippen LogP contribution in [0.5, 0.6) is 0 Å². The van der Waals surface area contributed by atoms with Gasteiger partial charge in [0.15, 0.2) is 5.60 Å². The highest BCUT2D eigenvalue weighted by atomic mass is 19.4. The maximum Gasteiger partial charge on any atom is 0.430 e. The van der Waals surface area contributed by atoms with Gasteiger partial charge >= 0.3 is 23.9 Å². The van der Waals surface area contributed by atoms with Gasteiger partial charge in [-0.15, -0.1) is 0 Å². The molecule has 0 radical (unpaired) electrons. The number of ether oxygens (including phenoxy) is 5. The fourth-order valence-electron chi connectivity index (χ4n) is 2.01. The lowest BCUT2D eigenvalue weighted by molar-refractivity contribution is -0.428. The summed E-state index contributed by atoms with van der Waals surface area (Å²) >= 11 is 0. The van der Waals surface area contributed by atoms with Crippen LogP contribution in [-0.4, -0.2) is 63.9 Å². The average Bonchev–Trinajstić information content (AvgIpc) is 2.44. The van der Waals surface area contributed by atoms with Gasteiger partial charge in [0.1, 0.15) is 13.6 Å². The second kappa shape index (κ2) is 9.02. The molecule has 0 amide bonds. The molecule has 0 aliphatic heterocycles. The molecule has 0 spiro atoms. The van der Waals surface area contributed by atoms with Gasteiger partial charge in [0.05, 0.1) is 12.2 Å². The van der Waals surface area contributed by atoms with Crippen molar-refractivity contribution in [2.24, 2.45) is 0 Å². The largest absolute Gasteiger partial charge is 0.452 e. The summed E-state index contributed by atoms with van der Waals surface area (Å²) in [7, 11) is 2.10. The zero-order valence-electron chi connectivity index (χ0n) is 14.5. The van der Waals surface area contributed by atoms with E-state index in [0.717, 1.165) is 7.11 Å². The van der Waals surface area contributed by atoms with Gasteiger partial charge in [-0.1, -0.05) is 6.58 Å². The number of rotatable bonds is 10. The zero-order valence-corrected chi connectivity index (χ0v) is 14.5. The first-order chi connectivity index (χ1) is 11.7. The van der Waals surface area contributed by atoms with Crippen molar-refractivity contribution in [2.45, 2.75) is 37.4 Å². The van der Waals surface area contributed by atoms with Crippen molar-refractivity contribution in [3.63, 3.8) is 0 Å². The van der Waals surface area contributed by atoms with Gasteiger partial charge in [0, 0.05) is 14.2 Å². The van der Waals surface area contributed by atoms with Crippen LogP contribution in [0.1, 0.15) is 13.8 Å². The summed E-state index contributed by atoms with van der Waals surface area (Å²) in [5.41, 5.74) is -8.57. The average molecular weight is 398 g/mol. The SMILES string of the molecule is C=C(COCOC)C(=O)OC(C)(C)C(OCOC)(C(F)(F)F)C(F)(F)F. The van der Waals surface area contributed by atoms with Crippen LogP contribution < -0.4 is 0 Å². The first-order valence-corrected chi connectivity index (χ1v) is 6.92. The predicted octanol–water partition coefficient (Wildman–Crippen LogP) is 2.97. The Balaban J connectivity index is 5.77. The molecule has 0 aliphatic rings. The summed E-state index contributed by atoms with van der Waals surface area (Å²) in [4.78, 5) is 11.9. The van der Waals surface area contributed by atoms with Crippen molar-refractivity contribution in [3.05, 3.63) is 12.2 Å². The van der Waals surface area contributed by atoms with Crippen molar-refractivity contribution in [1.29, 1.82) is 0 Å². The summed E-state index contributed by atoms with van der Waals surface area (Å²) in [5.74, 6) is -1.52. The summed E-state index contributed by atoms with van der Waals surface area (Å²) < 4.78 is 103. The minimum Gasteiger partial charge on any atom is -0.452 e. The smallest absolute Gasteiger partial charge is 0.430 e. The van der Waals surface area contributed by atoms with Crippen molar-refractivity contribution in [2.75, 3.05) is 34.4 Å². The number of alkyl halides is 6. The van der Waals surface area contributed by atoms with E-state index in [9.17, 15) is 31.1 Å². The van der Waals surface area contributed by atoms with E-state index in [1.807, 2.05) is 0 Å². The summed E-state index contributed by atoms with van der Waals surface area (Å²) in [6.45, 7) is 1.89. The fourth-order valence-corrected chi connectivity index (χ4v) is 2.01. The molecule has 12 heteroatoms. The lowest BCUT2D eigenvalue weighted by atomic mass is 9.83. The lowest BCUT2D eigenvalue weighted by Crippen LogP contribution is -2.71. The standard InChI is InChI=1S/C14H20F6O6/c1-9(6-24-7-22-4)10(21)26-11(2,3)12(13(15,16)17,14(18,19)20)25-8-23-5/h1,6-8H2,2-5H3. The molecule has 0 saturated carbocycles. The molecule has 0 heterocycles. The minimum atomic E-state index is -5.98. The van der Waals surface area contributed by atoms with E-state index in [4.69, 9.17) is 4.74 Å². The molecular formula is C14H20F6O6. The molecule has 0 atom stereocenters. The van der Waals surface area contributed by atoms with Crippen LogP contribution in [-0.2, 0) is 28.5 Å². The van der Waals surface area contributed by atoms with Crippen molar-refractivity contribution < 1.29 is 54.8 Å². The quantitative estimate of drug-likeness (QED) is 0.185. The number of halogens is 6. The molecule has 0 saturated heterocycles. The van der Waals surface area contributed by atoms with Gasteiger partial charge in [-0.3, -0.25) is 0 Å². The number of hydrogen-bond acceptors (Lipinski definition) is 6. The topological polar surface area (TPSA) is 63.2 Å². The predicted molar refractivity (Wildman–Crippen MR) is 74.9 cm³/mol.